The first-order chi connectivity index (χ1) is 9.15. The molecule has 0 saturated heterocycles. The standard InChI is InChI=1S/C15H20FN3/c1-3-19(14-6-4-5-13(16)9-14)11-15(10-17,18-2)12-7-8-12/h4-6,9,12,18H,3,7-8,11H2,1-2H3. The molecule has 1 N–H and O–H groups in total. The molecule has 1 aliphatic rings. The van der Waals surface area contributed by atoms with Gasteiger partial charge in [0.2, 0.25) is 0 Å². The zero-order valence-electron chi connectivity index (χ0n) is 11.5. The molecular formula is C15H20FN3. The van der Waals surface area contributed by atoms with Crippen LogP contribution in [0.2, 0.25) is 0 Å². The zero-order chi connectivity index (χ0) is 13.9. The number of nitriles is 1. The first kappa shape index (κ1) is 13.8. The van der Waals surface area contributed by atoms with Crippen molar-refractivity contribution in [3.63, 3.8) is 0 Å². The van der Waals surface area contributed by atoms with Crippen LogP contribution in [0.5, 0.6) is 0 Å². The normalized spacial score (nSPS) is 17.6. The second kappa shape index (κ2) is 5.58. The van der Waals surface area contributed by atoms with E-state index in [2.05, 4.69) is 16.3 Å². The van der Waals surface area contributed by atoms with Gasteiger partial charge in [0.1, 0.15) is 11.4 Å². The van der Waals surface area contributed by atoms with Crippen LogP contribution in [0.4, 0.5) is 10.1 Å². The van der Waals surface area contributed by atoms with Crippen LogP contribution in [0.25, 0.3) is 0 Å². The molecule has 0 aliphatic heterocycles. The molecule has 19 heavy (non-hydrogen) atoms. The topological polar surface area (TPSA) is 39.1 Å². The lowest BCUT2D eigenvalue weighted by atomic mass is 9.94. The van der Waals surface area contributed by atoms with E-state index in [4.69, 9.17) is 0 Å². The molecule has 1 unspecified atom stereocenters. The number of rotatable bonds is 6. The average molecular weight is 261 g/mol. The van der Waals surface area contributed by atoms with Gasteiger partial charge in [-0.1, -0.05) is 6.07 Å². The van der Waals surface area contributed by atoms with Gasteiger partial charge < -0.3 is 10.2 Å². The molecule has 102 valence electrons. The van der Waals surface area contributed by atoms with Crippen LogP contribution in [0.15, 0.2) is 24.3 Å². The van der Waals surface area contributed by atoms with Gasteiger partial charge in [-0.3, -0.25) is 0 Å². The molecule has 0 spiro atoms. The van der Waals surface area contributed by atoms with Crippen LogP contribution in [0, 0.1) is 23.1 Å². The fourth-order valence-electron chi connectivity index (χ4n) is 2.53. The molecule has 3 nitrogen and oxygen atoms in total. The highest BCUT2D eigenvalue weighted by Crippen LogP contribution is 2.40. The van der Waals surface area contributed by atoms with E-state index >= 15 is 0 Å². The highest BCUT2D eigenvalue weighted by atomic mass is 19.1. The molecule has 1 aliphatic carbocycles. The van der Waals surface area contributed by atoms with Gasteiger partial charge in [0.05, 0.1) is 6.07 Å². The molecule has 1 aromatic rings. The molecule has 1 aromatic carbocycles. The SMILES string of the molecule is CCN(CC(C#N)(NC)C1CC1)c1cccc(F)c1. The first-order valence-electron chi connectivity index (χ1n) is 6.76. The van der Waals surface area contributed by atoms with Crippen molar-refractivity contribution in [1.82, 2.24) is 5.32 Å². The van der Waals surface area contributed by atoms with Crippen molar-refractivity contribution in [2.75, 3.05) is 25.0 Å². The average Bonchev–Trinajstić information content (AvgIpc) is 3.26. The Morgan fingerprint density at radius 3 is 2.74 bits per heavy atom. The van der Waals surface area contributed by atoms with Crippen molar-refractivity contribution in [3.8, 4) is 6.07 Å². The number of likely N-dealkylation sites (N-methyl/N-ethyl adjacent to an activating group) is 2. The largest absolute Gasteiger partial charge is 0.369 e. The molecule has 1 atom stereocenters. The Labute approximate surface area is 114 Å². The number of halogens is 1. The summed E-state index contributed by atoms with van der Waals surface area (Å²) in [6, 6.07) is 8.98. The summed E-state index contributed by atoms with van der Waals surface area (Å²) in [5.41, 5.74) is 0.306. The third kappa shape index (κ3) is 2.87. The van der Waals surface area contributed by atoms with E-state index in [-0.39, 0.29) is 5.82 Å². The lowest BCUT2D eigenvalue weighted by Crippen LogP contribution is -2.53. The van der Waals surface area contributed by atoms with E-state index in [1.54, 1.807) is 6.07 Å². The number of nitrogens with one attached hydrogen (secondary N) is 1. The highest BCUT2D eigenvalue weighted by Gasteiger charge is 2.45. The molecule has 0 aromatic heterocycles. The summed E-state index contributed by atoms with van der Waals surface area (Å²) >= 11 is 0. The van der Waals surface area contributed by atoms with Gasteiger partial charge in [-0.2, -0.15) is 5.26 Å². The van der Waals surface area contributed by atoms with Crippen molar-refractivity contribution < 1.29 is 4.39 Å². The van der Waals surface area contributed by atoms with Gasteiger partial charge in [-0.15, -0.1) is 0 Å². The predicted molar refractivity (Wildman–Crippen MR) is 74.4 cm³/mol. The summed E-state index contributed by atoms with van der Waals surface area (Å²) in [7, 11) is 1.83. The van der Waals surface area contributed by atoms with Gasteiger partial charge in [-0.25, -0.2) is 4.39 Å². The number of benzene rings is 1. The summed E-state index contributed by atoms with van der Waals surface area (Å²) in [6.07, 6.45) is 2.18. The number of hydrogen-bond donors (Lipinski definition) is 1. The minimum Gasteiger partial charge on any atom is -0.369 e. The second-order valence-electron chi connectivity index (χ2n) is 5.10. The molecular weight excluding hydrogens is 241 g/mol. The smallest absolute Gasteiger partial charge is 0.126 e. The Balaban J connectivity index is 2.21. The van der Waals surface area contributed by atoms with Crippen molar-refractivity contribution >= 4 is 5.69 Å². The van der Waals surface area contributed by atoms with Crippen molar-refractivity contribution in [1.29, 1.82) is 5.26 Å². The van der Waals surface area contributed by atoms with E-state index < -0.39 is 5.54 Å². The maximum absolute atomic E-state index is 13.3. The summed E-state index contributed by atoms with van der Waals surface area (Å²) in [4.78, 5) is 2.06. The van der Waals surface area contributed by atoms with E-state index in [1.807, 2.05) is 20.0 Å². The molecule has 0 bridgehead atoms. The zero-order valence-corrected chi connectivity index (χ0v) is 11.5. The maximum atomic E-state index is 13.3. The highest BCUT2D eigenvalue weighted by molar-refractivity contribution is 5.47. The van der Waals surface area contributed by atoms with Crippen molar-refractivity contribution in [2.24, 2.45) is 5.92 Å². The monoisotopic (exact) mass is 261 g/mol. The number of hydrogen-bond acceptors (Lipinski definition) is 3. The molecule has 0 radical (unpaired) electrons. The van der Waals surface area contributed by atoms with Crippen molar-refractivity contribution in [2.45, 2.75) is 25.3 Å². The molecule has 4 heteroatoms. The quantitative estimate of drug-likeness (QED) is 0.855. The van der Waals surface area contributed by atoms with Crippen LogP contribution < -0.4 is 10.2 Å². The lowest BCUT2D eigenvalue weighted by molar-refractivity contribution is 0.393. The van der Waals surface area contributed by atoms with Gasteiger partial charge in [0.15, 0.2) is 0 Å². The fraction of sp³-hybridized carbons (Fsp3) is 0.533. The summed E-state index contributed by atoms with van der Waals surface area (Å²) in [5, 5.41) is 12.7. The Morgan fingerprint density at radius 1 is 1.53 bits per heavy atom. The van der Waals surface area contributed by atoms with E-state index in [9.17, 15) is 9.65 Å². The molecule has 1 fully saturated rings. The minimum absolute atomic E-state index is 0.241. The van der Waals surface area contributed by atoms with Crippen LogP contribution in [-0.2, 0) is 0 Å². The van der Waals surface area contributed by atoms with Gasteiger partial charge >= 0.3 is 0 Å². The Hall–Kier alpha value is -1.60. The van der Waals surface area contributed by atoms with Crippen LogP contribution in [0.1, 0.15) is 19.8 Å². The maximum Gasteiger partial charge on any atom is 0.126 e. The van der Waals surface area contributed by atoms with Crippen LogP contribution in [0.3, 0.4) is 0 Å². The number of nitrogens with zero attached hydrogens (tertiary/aromatic N) is 2. The summed E-state index contributed by atoms with van der Waals surface area (Å²) in [5.74, 6) is 0.166. The molecule has 2 rings (SSSR count). The molecule has 1 saturated carbocycles. The third-order valence-corrected chi connectivity index (χ3v) is 3.92. The first-order valence-corrected chi connectivity index (χ1v) is 6.76. The predicted octanol–water partition coefficient (Wildman–Crippen LogP) is 2.54. The Bertz CT molecular complexity index is 479. The lowest BCUT2D eigenvalue weighted by Gasteiger charge is -2.34. The Morgan fingerprint density at radius 2 is 2.26 bits per heavy atom. The number of anilines is 1. The fourth-order valence-corrected chi connectivity index (χ4v) is 2.53. The van der Waals surface area contributed by atoms with E-state index in [0.717, 1.165) is 25.1 Å². The van der Waals surface area contributed by atoms with Gasteiger partial charge in [0.25, 0.3) is 0 Å². The van der Waals surface area contributed by atoms with Gasteiger partial charge in [0, 0.05) is 18.8 Å². The molecule has 0 heterocycles. The van der Waals surface area contributed by atoms with Crippen molar-refractivity contribution in [3.05, 3.63) is 30.1 Å². The summed E-state index contributed by atoms with van der Waals surface area (Å²) < 4.78 is 13.3. The summed E-state index contributed by atoms with van der Waals surface area (Å²) in [6.45, 7) is 3.36. The van der Waals surface area contributed by atoms with Gasteiger partial charge in [-0.05, 0) is 50.9 Å². The van der Waals surface area contributed by atoms with E-state index in [1.165, 1.54) is 12.1 Å². The van der Waals surface area contributed by atoms with Crippen LogP contribution in [-0.4, -0.2) is 25.7 Å². The van der Waals surface area contributed by atoms with Crippen LogP contribution >= 0.6 is 0 Å². The Kier molecular flexibility index (Phi) is 4.06. The minimum atomic E-state index is -0.525. The third-order valence-electron chi connectivity index (χ3n) is 3.92. The molecule has 0 amide bonds. The van der Waals surface area contributed by atoms with E-state index in [0.29, 0.717) is 12.5 Å². The second-order valence-corrected chi connectivity index (χ2v) is 5.10.